The lowest BCUT2D eigenvalue weighted by atomic mass is 10.00. The molecular formula is C11H13BrFNO2. The van der Waals surface area contributed by atoms with E-state index in [2.05, 4.69) is 15.9 Å². The van der Waals surface area contributed by atoms with E-state index >= 15 is 0 Å². The zero-order chi connectivity index (χ0) is 11.7. The van der Waals surface area contributed by atoms with Crippen LogP contribution in [0.3, 0.4) is 0 Å². The highest BCUT2D eigenvalue weighted by Gasteiger charge is 2.24. The van der Waals surface area contributed by atoms with E-state index in [1.165, 1.54) is 0 Å². The zero-order valence-electron chi connectivity index (χ0n) is 8.93. The maximum absolute atomic E-state index is 14.2. The number of fused-ring (bicyclic) bond motifs is 1. The molecular weight excluding hydrogens is 277 g/mol. The molecule has 0 spiro atoms. The predicted molar refractivity (Wildman–Crippen MR) is 62.6 cm³/mol. The molecule has 0 amide bonds. The molecule has 0 aromatic heterocycles. The minimum absolute atomic E-state index is 0.0646. The first-order valence-electron chi connectivity index (χ1n) is 5.12. The van der Waals surface area contributed by atoms with Gasteiger partial charge in [-0.15, -0.1) is 0 Å². The number of nitrogens with two attached hydrogens (primary N) is 1. The monoisotopic (exact) mass is 289 g/mol. The molecule has 2 rings (SSSR count). The zero-order valence-corrected chi connectivity index (χ0v) is 10.5. The summed E-state index contributed by atoms with van der Waals surface area (Å²) in [5.41, 5.74) is 6.11. The van der Waals surface area contributed by atoms with Crippen LogP contribution in [0.4, 0.5) is 4.39 Å². The second-order valence-electron chi connectivity index (χ2n) is 3.75. The van der Waals surface area contributed by atoms with E-state index in [1.807, 2.05) is 6.92 Å². The highest BCUT2D eigenvalue weighted by Crippen LogP contribution is 2.41. The van der Waals surface area contributed by atoms with Gasteiger partial charge in [0.15, 0.2) is 17.3 Å². The van der Waals surface area contributed by atoms with Gasteiger partial charge in [0.2, 0.25) is 0 Å². The van der Waals surface area contributed by atoms with E-state index in [4.69, 9.17) is 15.2 Å². The Kier molecular flexibility index (Phi) is 3.35. The van der Waals surface area contributed by atoms with E-state index in [0.29, 0.717) is 35.5 Å². The highest BCUT2D eigenvalue weighted by molar-refractivity contribution is 9.10. The van der Waals surface area contributed by atoms with Crippen LogP contribution in [0, 0.1) is 5.82 Å². The molecule has 3 nitrogen and oxygen atoms in total. The Hall–Kier alpha value is -0.810. The van der Waals surface area contributed by atoms with E-state index in [0.717, 1.165) is 0 Å². The first kappa shape index (κ1) is 11.7. The maximum atomic E-state index is 14.2. The first-order valence-corrected chi connectivity index (χ1v) is 5.92. The molecule has 2 N–H and O–H groups in total. The lowest BCUT2D eigenvalue weighted by Gasteiger charge is -2.22. The van der Waals surface area contributed by atoms with E-state index in [1.54, 1.807) is 6.07 Å². The van der Waals surface area contributed by atoms with E-state index in [-0.39, 0.29) is 17.5 Å². The van der Waals surface area contributed by atoms with Crippen molar-refractivity contribution in [2.24, 2.45) is 5.73 Å². The SMILES string of the molecule is CC(CN)c1c(Br)cc2c(c1F)OCCO2. The minimum atomic E-state index is -0.373. The summed E-state index contributed by atoms with van der Waals surface area (Å²) in [4.78, 5) is 0. The van der Waals surface area contributed by atoms with Crippen molar-refractivity contribution in [3.63, 3.8) is 0 Å². The number of halogens is 2. The van der Waals surface area contributed by atoms with Gasteiger partial charge in [-0.25, -0.2) is 4.39 Å². The van der Waals surface area contributed by atoms with Crippen LogP contribution in [0.25, 0.3) is 0 Å². The lowest BCUT2D eigenvalue weighted by molar-refractivity contribution is 0.163. The van der Waals surface area contributed by atoms with Crippen LogP contribution in [-0.4, -0.2) is 19.8 Å². The van der Waals surface area contributed by atoms with Gasteiger partial charge in [-0.2, -0.15) is 0 Å². The molecule has 88 valence electrons. The van der Waals surface area contributed by atoms with Crippen LogP contribution in [0.1, 0.15) is 18.4 Å². The average molecular weight is 290 g/mol. The third-order valence-corrected chi connectivity index (χ3v) is 3.26. The van der Waals surface area contributed by atoms with Gasteiger partial charge in [-0.3, -0.25) is 0 Å². The van der Waals surface area contributed by atoms with Gasteiger partial charge in [0, 0.05) is 10.0 Å². The van der Waals surface area contributed by atoms with Gasteiger partial charge in [0.05, 0.1) is 0 Å². The van der Waals surface area contributed by atoms with Crippen molar-refractivity contribution < 1.29 is 13.9 Å². The van der Waals surface area contributed by atoms with Crippen molar-refractivity contribution in [2.45, 2.75) is 12.8 Å². The number of hydrogen-bond donors (Lipinski definition) is 1. The predicted octanol–water partition coefficient (Wildman–Crippen LogP) is 2.42. The highest BCUT2D eigenvalue weighted by atomic mass is 79.9. The van der Waals surface area contributed by atoms with Crippen molar-refractivity contribution in [2.75, 3.05) is 19.8 Å². The second kappa shape index (κ2) is 4.59. The van der Waals surface area contributed by atoms with Crippen molar-refractivity contribution >= 4 is 15.9 Å². The summed E-state index contributed by atoms with van der Waals surface area (Å²) in [5.74, 6) is 0.209. The van der Waals surface area contributed by atoms with Gasteiger partial charge >= 0.3 is 0 Å². The average Bonchev–Trinajstić information content (AvgIpc) is 2.28. The standard InChI is InChI=1S/C11H13BrFNO2/c1-6(5-14)9-7(12)4-8-11(10(9)13)16-3-2-15-8/h4,6H,2-3,5,14H2,1H3. The number of hydrogen-bond acceptors (Lipinski definition) is 3. The second-order valence-corrected chi connectivity index (χ2v) is 4.60. The molecule has 1 aliphatic heterocycles. The first-order chi connectivity index (χ1) is 7.65. The van der Waals surface area contributed by atoms with Crippen LogP contribution in [0.15, 0.2) is 10.5 Å². The largest absolute Gasteiger partial charge is 0.486 e. The molecule has 16 heavy (non-hydrogen) atoms. The summed E-state index contributed by atoms with van der Waals surface area (Å²) in [6.45, 7) is 3.08. The topological polar surface area (TPSA) is 44.5 Å². The summed E-state index contributed by atoms with van der Waals surface area (Å²) in [6, 6.07) is 1.74. The van der Waals surface area contributed by atoms with Gasteiger partial charge in [-0.1, -0.05) is 22.9 Å². The molecule has 1 heterocycles. The van der Waals surface area contributed by atoms with Gasteiger partial charge in [-0.05, 0) is 18.5 Å². The maximum Gasteiger partial charge on any atom is 0.197 e. The molecule has 0 radical (unpaired) electrons. The molecule has 1 aliphatic rings. The van der Waals surface area contributed by atoms with Crippen LogP contribution in [0.2, 0.25) is 0 Å². The Labute approximate surface area is 102 Å². The Morgan fingerprint density at radius 2 is 2.19 bits per heavy atom. The molecule has 0 fully saturated rings. The smallest absolute Gasteiger partial charge is 0.197 e. The van der Waals surface area contributed by atoms with Crippen LogP contribution in [0.5, 0.6) is 11.5 Å². The number of ether oxygens (including phenoxy) is 2. The van der Waals surface area contributed by atoms with E-state index < -0.39 is 0 Å². The summed E-state index contributed by atoms with van der Waals surface area (Å²) >= 11 is 3.34. The summed E-state index contributed by atoms with van der Waals surface area (Å²) < 4.78 is 25.4. The number of rotatable bonds is 2. The third-order valence-electron chi connectivity index (χ3n) is 2.61. The fraction of sp³-hybridized carbons (Fsp3) is 0.455. The van der Waals surface area contributed by atoms with Gasteiger partial charge in [0.25, 0.3) is 0 Å². The minimum Gasteiger partial charge on any atom is -0.486 e. The van der Waals surface area contributed by atoms with Crippen molar-refractivity contribution in [1.29, 1.82) is 0 Å². The lowest BCUT2D eigenvalue weighted by Crippen LogP contribution is -2.19. The quantitative estimate of drug-likeness (QED) is 0.909. The fourth-order valence-corrected chi connectivity index (χ4v) is 2.47. The molecule has 5 heteroatoms. The molecule has 0 aliphatic carbocycles. The summed E-state index contributed by atoms with van der Waals surface area (Å²) in [7, 11) is 0. The van der Waals surface area contributed by atoms with Crippen molar-refractivity contribution in [3.05, 3.63) is 21.9 Å². The van der Waals surface area contributed by atoms with E-state index in [9.17, 15) is 4.39 Å². The molecule has 0 saturated heterocycles. The van der Waals surface area contributed by atoms with Crippen LogP contribution < -0.4 is 15.2 Å². The van der Waals surface area contributed by atoms with Gasteiger partial charge in [0.1, 0.15) is 13.2 Å². The third kappa shape index (κ3) is 1.89. The Morgan fingerprint density at radius 3 is 2.88 bits per heavy atom. The molecule has 1 aromatic carbocycles. The Bertz CT molecular complexity index is 411. The normalized spacial score (nSPS) is 16.0. The van der Waals surface area contributed by atoms with Crippen LogP contribution in [-0.2, 0) is 0 Å². The molecule has 0 bridgehead atoms. The Morgan fingerprint density at radius 1 is 1.50 bits per heavy atom. The fourth-order valence-electron chi connectivity index (χ4n) is 1.70. The molecule has 0 saturated carbocycles. The Balaban J connectivity index is 2.54. The van der Waals surface area contributed by atoms with Crippen LogP contribution >= 0.6 is 15.9 Å². The summed E-state index contributed by atoms with van der Waals surface area (Å²) in [6.07, 6.45) is 0. The molecule has 1 unspecified atom stereocenters. The van der Waals surface area contributed by atoms with Crippen molar-refractivity contribution in [3.8, 4) is 11.5 Å². The van der Waals surface area contributed by atoms with Crippen molar-refractivity contribution in [1.82, 2.24) is 0 Å². The number of benzene rings is 1. The molecule has 1 atom stereocenters. The molecule has 1 aromatic rings. The van der Waals surface area contributed by atoms with Gasteiger partial charge < -0.3 is 15.2 Å². The summed E-state index contributed by atoms with van der Waals surface area (Å²) in [5, 5.41) is 0.